The van der Waals surface area contributed by atoms with Gasteiger partial charge in [0.1, 0.15) is 5.75 Å². The number of benzene rings is 1. The molecule has 13 heavy (non-hydrogen) atoms. The van der Waals surface area contributed by atoms with E-state index in [0.717, 1.165) is 24.5 Å². The number of ether oxygens (including phenoxy) is 1. The Labute approximate surface area is 83.3 Å². The van der Waals surface area contributed by atoms with Crippen molar-refractivity contribution in [1.29, 1.82) is 0 Å². The Morgan fingerprint density at radius 3 is 3.08 bits per heavy atom. The normalized spacial score (nSPS) is 9.00. The zero-order chi connectivity index (χ0) is 9.52. The number of aliphatic imine (C=N–C) groups is 1. The minimum Gasteiger partial charge on any atom is -0.494 e. The molecule has 0 spiro atoms. The lowest BCUT2D eigenvalue weighted by atomic mass is 10.3. The zero-order valence-corrected chi connectivity index (χ0v) is 8.30. The molecule has 0 bridgehead atoms. The molecular formula is C10H11NOS. The Morgan fingerprint density at radius 2 is 2.38 bits per heavy atom. The Hall–Kier alpha value is -1.18. The summed E-state index contributed by atoms with van der Waals surface area (Å²) in [5.41, 5.74) is 0.781. The summed E-state index contributed by atoms with van der Waals surface area (Å²) in [6.45, 7) is 2.80. The van der Waals surface area contributed by atoms with Crippen LogP contribution in [0.4, 0.5) is 5.69 Å². The molecule has 0 saturated carbocycles. The molecule has 3 heteroatoms. The highest BCUT2D eigenvalue weighted by Crippen LogP contribution is 2.19. The third-order valence-electron chi connectivity index (χ3n) is 1.47. The van der Waals surface area contributed by atoms with Gasteiger partial charge in [-0.3, -0.25) is 0 Å². The van der Waals surface area contributed by atoms with E-state index < -0.39 is 0 Å². The average molecular weight is 193 g/mol. The molecule has 0 aromatic heterocycles. The second-order valence-corrected chi connectivity index (χ2v) is 2.73. The first-order valence-electron chi connectivity index (χ1n) is 4.17. The number of hydrogen-bond donors (Lipinski definition) is 0. The summed E-state index contributed by atoms with van der Waals surface area (Å²) in [5, 5.41) is 2.32. The van der Waals surface area contributed by atoms with Gasteiger partial charge in [0.05, 0.1) is 17.5 Å². The van der Waals surface area contributed by atoms with Crippen molar-refractivity contribution in [2.45, 2.75) is 13.3 Å². The molecule has 0 unspecified atom stereocenters. The summed E-state index contributed by atoms with van der Waals surface area (Å²) in [6.07, 6.45) is 1.00. The Morgan fingerprint density at radius 1 is 1.54 bits per heavy atom. The molecule has 1 aromatic rings. The van der Waals surface area contributed by atoms with E-state index in [1.165, 1.54) is 0 Å². The fourth-order valence-electron chi connectivity index (χ4n) is 0.915. The summed E-state index contributed by atoms with van der Waals surface area (Å²) in [5.74, 6) is 0.827. The molecule has 1 rings (SSSR count). The third kappa shape index (κ3) is 3.36. The van der Waals surface area contributed by atoms with E-state index in [1.54, 1.807) is 0 Å². The standard InChI is InChI=1S/C10H11NOS/c1-2-6-12-10-5-3-4-9(7-10)11-8-13/h3-5,7H,2,6H2,1H3. The number of thiocarbonyl (C=S) groups is 1. The Bertz CT molecular complexity index is 318. The van der Waals surface area contributed by atoms with Gasteiger partial charge in [-0.2, -0.15) is 4.99 Å². The summed E-state index contributed by atoms with van der Waals surface area (Å²) in [4.78, 5) is 3.86. The predicted molar refractivity (Wildman–Crippen MR) is 56.9 cm³/mol. The maximum atomic E-state index is 5.42. The molecule has 0 N–H and O–H groups in total. The lowest BCUT2D eigenvalue weighted by molar-refractivity contribution is 0.317. The van der Waals surface area contributed by atoms with Crippen LogP contribution >= 0.6 is 12.2 Å². The Kier molecular flexibility index (Phi) is 4.16. The minimum atomic E-state index is 0.727. The van der Waals surface area contributed by atoms with Crippen LogP contribution in [0.1, 0.15) is 13.3 Å². The van der Waals surface area contributed by atoms with E-state index in [2.05, 4.69) is 29.3 Å². The van der Waals surface area contributed by atoms with Crippen LogP contribution in [0.3, 0.4) is 0 Å². The number of nitrogens with zero attached hydrogens (tertiary/aromatic N) is 1. The number of isothiocyanates is 1. The van der Waals surface area contributed by atoms with Crippen molar-refractivity contribution in [3.8, 4) is 5.75 Å². The molecule has 0 fully saturated rings. The average Bonchev–Trinajstić information content (AvgIpc) is 2.16. The van der Waals surface area contributed by atoms with E-state index in [9.17, 15) is 0 Å². The van der Waals surface area contributed by atoms with Gasteiger partial charge in [-0.1, -0.05) is 13.0 Å². The van der Waals surface area contributed by atoms with Crippen LogP contribution in [0, 0.1) is 0 Å². The van der Waals surface area contributed by atoms with Crippen molar-refractivity contribution in [2.75, 3.05) is 6.61 Å². The maximum Gasteiger partial charge on any atom is 0.121 e. The largest absolute Gasteiger partial charge is 0.494 e. The summed E-state index contributed by atoms with van der Waals surface area (Å²) < 4.78 is 5.42. The summed E-state index contributed by atoms with van der Waals surface area (Å²) in [6, 6.07) is 7.49. The van der Waals surface area contributed by atoms with Gasteiger partial charge in [0.2, 0.25) is 0 Å². The van der Waals surface area contributed by atoms with E-state index >= 15 is 0 Å². The first kappa shape index (κ1) is 9.90. The molecular weight excluding hydrogens is 182 g/mol. The van der Waals surface area contributed by atoms with Crippen molar-refractivity contribution < 1.29 is 4.74 Å². The van der Waals surface area contributed by atoms with Gasteiger partial charge in [0.15, 0.2) is 0 Å². The van der Waals surface area contributed by atoms with Crippen LogP contribution in [0.25, 0.3) is 0 Å². The van der Waals surface area contributed by atoms with Crippen LogP contribution in [0.15, 0.2) is 29.3 Å². The quantitative estimate of drug-likeness (QED) is 0.541. The summed E-state index contributed by atoms with van der Waals surface area (Å²) in [7, 11) is 0. The van der Waals surface area contributed by atoms with Crippen molar-refractivity contribution in [3.63, 3.8) is 0 Å². The van der Waals surface area contributed by atoms with Crippen LogP contribution < -0.4 is 4.74 Å². The zero-order valence-electron chi connectivity index (χ0n) is 7.49. The molecule has 0 aliphatic rings. The number of hydrogen-bond acceptors (Lipinski definition) is 3. The van der Waals surface area contributed by atoms with Gasteiger partial charge in [-0.15, -0.1) is 0 Å². The van der Waals surface area contributed by atoms with Crippen LogP contribution in [-0.4, -0.2) is 11.8 Å². The minimum absolute atomic E-state index is 0.727. The first-order valence-corrected chi connectivity index (χ1v) is 4.58. The highest BCUT2D eigenvalue weighted by Gasteiger charge is 1.93. The first-order chi connectivity index (χ1) is 6.36. The molecule has 2 nitrogen and oxygen atoms in total. The Balaban J connectivity index is 2.73. The molecule has 0 aliphatic heterocycles. The van der Waals surface area contributed by atoms with Gasteiger partial charge in [0.25, 0.3) is 0 Å². The monoisotopic (exact) mass is 193 g/mol. The van der Waals surface area contributed by atoms with E-state index in [4.69, 9.17) is 4.74 Å². The molecule has 0 atom stereocenters. The molecule has 0 radical (unpaired) electrons. The van der Waals surface area contributed by atoms with E-state index in [1.807, 2.05) is 24.3 Å². The van der Waals surface area contributed by atoms with Crippen molar-refractivity contribution in [2.24, 2.45) is 4.99 Å². The van der Waals surface area contributed by atoms with Gasteiger partial charge in [-0.05, 0) is 30.8 Å². The molecule has 0 amide bonds. The molecule has 0 aliphatic carbocycles. The summed E-state index contributed by atoms with van der Waals surface area (Å²) >= 11 is 4.51. The highest BCUT2D eigenvalue weighted by molar-refractivity contribution is 7.78. The fraction of sp³-hybridized carbons (Fsp3) is 0.300. The topological polar surface area (TPSA) is 21.6 Å². The lowest BCUT2D eigenvalue weighted by Crippen LogP contribution is -1.93. The second-order valence-electron chi connectivity index (χ2n) is 2.55. The van der Waals surface area contributed by atoms with Crippen LogP contribution in [0.2, 0.25) is 0 Å². The van der Waals surface area contributed by atoms with Crippen LogP contribution in [0.5, 0.6) is 5.75 Å². The van der Waals surface area contributed by atoms with Crippen LogP contribution in [-0.2, 0) is 0 Å². The second kappa shape index (κ2) is 5.46. The molecule has 0 heterocycles. The van der Waals surface area contributed by atoms with E-state index in [0.29, 0.717) is 0 Å². The van der Waals surface area contributed by atoms with Crippen molar-refractivity contribution >= 4 is 23.1 Å². The van der Waals surface area contributed by atoms with Gasteiger partial charge >= 0.3 is 0 Å². The maximum absolute atomic E-state index is 5.42. The molecule has 0 saturated heterocycles. The predicted octanol–water partition coefficient (Wildman–Crippen LogP) is 3.21. The molecule has 68 valence electrons. The van der Waals surface area contributed by atoms with Gasteiger partial charge in [0, 0.05) is 6.07 Å². The third-order valence-corrected chi connectivity index (χ3v) is 1.56. The smallest absolute Gasteiger partial charge is 0.121 e. The lowest BCUT2D eigenvalue weighted by Gasteiger charge is -2.03. The van der Waals surface area contributed by atoms with E-state index in [-0.39, 0.29) is 0 Å². The van der Waals surface area contributed by atoms with Gasteiger partial charge in [-0.25, -0.2) is 0 Å². The SMILES string of the molecule is CCCOc1cccc(N=C=S)c1. The fourth-order valence-corrected chi connectivity index (χ4v) is 1.02. The molecule has 1 aromatic carbocycles. The van der Waals surface area contributed by atoms with Gasteiger partial charge < -0.3 is 4.74 Å². The highest BCUT2D eigenvalue weighted by atomic mass is 32.1. The van der Waals surface area contributed by atoms with Crippen molar-refractivity contribution in [3.05, 3.63) is 24.3 Å². The number of rotatable bonds is 4. The van der Waals surface area contributed by atoms with Crippen molar-refractivity contribution in [1.82, 2.24) is 0 Å².